The van der Waals surface area contributed by atoms with E-state index in [9.17, 15) is 9.59 Å². The quantitative estimate of drug-likeness (QED) is 0.641. The molecule has 1 heterocycles. The molecule has 3 rings (SSSR count). The number of benzene rings is 2. The molecular formula is C22H26N3O3+. The minimum Gasteiger partial charge on any atom is -0.463 e. The Bertz CT molecular complexity index is 810. The second-order valence-electron chi connectivity index (χ2n) is 6.67. The van der Waals surface area contributed by atoms with Gasteiger partial charge >= 0.3 is 12.0 Å². The van der Waals surface area contributed by atoms with Crippen molar-refractivity contribution in [3.8, 4) is 0 Å². The fourth-order valence-corrected chi connectivity index (χ4v) is 3.46. The highest BCUT2D eigenvalue weighted by atomic mass is 16.5. The molecule has 1 aliphatic heterocycles. The Kier molecular flexibility index (Phi) is 6.45. The van der Waals surface area contributed by atoms with Crippen molar-refractivity contribution in [2.45, 2.75) is 25.9 Å². The van der Waals surface area contributed by atoms with Crippen LogP contribution in [0.2, 0.25) is 0 Å². The topological polar surface area (TPSA) is 84.0 Å². The van der Waals surface area contributed by atoms with E-state index in [1.165, 1.54) is 0 Å². The zero-order chi connectivity index (χ0) is 19.9. The van der Waals surface area contributed by atoms with E-state index in [0.717, 1.165) is 11.1 Å². The second kappa shape index (κ2) is 9.19. The van der Waals surface area contributed by atoms with E-state index in [1.54, 1.807) is 13.8 Å². The number of nitrogens with two attached hydrogens (primary N) is 1. The van der Waals surface area contributed by atoms with Crippen LogP contribution in [0.25, 0.3) is 0 Å². The molecule has 0 fully saturated rings. The van der Waals surface area contributed by atoms with Crippen LogP contribution in [-0.2, 0) is 9.53 Å². The molecule has 0 aromatic heterocycles. The van der Waals surface area contributed by atoms with Crippen molar-refractivity contribution in [1.29, 1.82) is 0 Å². The van der Waals surface area contributed by atoms with Gasteiger partial charge in [-0.1, -0.05) is 60.7 Å². The van der Waals surface area contributed by atoms with E-state index in [-0.39, 0.29) is 18.7 Å². The van der Waals surface area contributed by atoms with Gasteiger partial charge in [0.25, 0.3) is 0 Å². The van der Waals surface area contributed by atoms with Crippen LogP contribution in [0.4, 0.5) is 4.79 Å². The van der Waals surface area contributed by atoms with Crippen LogP contribution >= 0.6 is 0 Å². The SMILES string of the molecule is CCOC(=O)C1=C(C[NH2+]C(c2ccccc2)c2ccccc2)NC(=O)N[C@H]1C. The van der Waals surface area contributed by atoms with Gasteiger partial charge in [-0.15, -0.1) is 0 Å². The Balaban J connectivity index is 1.89. The lowest BCUT2D eigenvalue weighted by Gasteiger charge is -2.27. The molecule has 6 heteroatoms. The molecule has 4 N–H and O–H groups in total. The van der Waals surface area contributed by atoms with Crippen LogP contribution in [0, 0.1) is 0 Å². The molecule has 2 amide bonds. The van der Waals surface area contributed by atoms with Gasteiger partial charge in [0, 0.05) is 11.1 Å². The Morgan fingerprint density at radius 3 is 2.18 bits per heavy atom. The summed E-state index contributed by atoms with van der Waals surface area (Å²) in [6, 6.07) is 19.7. The summed E-state index contributed by atoms with van der Waals surface area (Å²) in [5, 5.41) is 7.64. The minimum atomic E-state index is -0.401. The zero-order valence-corrected chi connectivity index (χ0v) is 16.1. The van der Waals surface area contributed by atoms with Gasteiger partial charge in [0.1, 0.15) is 12.6 Å². The largest absolute Gasteiger partial charge is 0.463 e. The predicted molar refractivity (Wildman–Crippen MR) is 106 cm³/mol. The maximum atomic E-state index is 12.4. The lowest BCUT2D eigenvalue weighted by Crippen LogP contribution is -2.86. The van der Waals surface area contributed by atoms with E-state index in [0.29, 0.717) is 17.8 Å². The Morgan fingerprint density at radius 2 is 1.64 bits per heavy atom. The highest BCUT2D eigenvalue weighted by Crippen LogP contribution is 2.18. The molecule has 28 heavy (non-hydrogen) atoms. The number of urea groups is 1. The Hall–Kier alpha value is -3.12. The van der Waals surface area contributed by atoms with Gasteiger partial charge in [-0.25, -0.2) is 9.59 Å². The van der Waals surface area contributed by atoms with Crippen LogP contribution in [0.15, 0.2) is 71.9 Å². The number of nitrogens with one attached hydrogen (secondary N) is 2. The van der Waals surface area contributed by atoms with Crippen molar-refractivity contribution in [3.63, 3.8) is 0 Å². The molecule has 6 nitrogen and oxygen atoms in total. The minimum absolute atomic E-state index is 0.0421. The summed E-state index contributed by atoms with van der Waals surface area (Å²) in [5.41, 5.74) is 3.37. The van der Waals surface area contributed by atoms with Crippen LogP contribution < -0.4 is 16.0 Å². The monoisotopic (exact) mass is 380 g/mol. The molecule has 0 spiro atoms. The predicted octanol–water partition coefficient (Wildman–Crippen LogP) is 1.86. The number of esters is 1. The summed E-state index contributed by atoms with van der Waals surface area (Å²) in [5.74, 6) is -0.401. The maximum absolute atomic E-state index is 12.4. The van der Waals surface area contributed by atoms with E-state index in [2.05, 4.69) is 40.2 Å². The number of hydrogen-bond donors (Lipinski definition) is 3. The normalized spacial score (nSPS) is 16.5. The molecule has 2 aromatic rings. The fourth-order valence-electron chi connectivity index (χ4n) is 3.46. The van der Waals surface area contributed by atoms with Crippen molar-refractivity contribution in [3.05, 3.63) is 83.1 Å². The smallest absolute Gasteiger partial charge is 0.338 e. The number of rotatable bonds is 7. The third kappa shape index (κ3) is 4.58. The molecule has 1 atom stereocenters. The van der Waals surface area contributed by atoms with Gasteiger partial charge in [0.15, 0.2) is 0 Å². The maximum Gasteiger partial charge on any atom is 0.338 e. The van der Waals surface area contributed by atoms with Crippen molar-refractivity contribution < 1.29 is 19.6 Å². The molecule has 0 saturated carbocycles. The molecule has 0 unspecified atom stereocenters. The second-order valence-corrected chi connectivity index (χ2v) is 6.67. The summed E-state index contributed by atoms with van der Waals surface area (Å²) < 4.78 is 5.19. The molecule has 146 valence electrons. The number of carbonyl (C=O) groups is 2. The van der Waals surface area contributed by atoms with Crippen LogP contribution in [-0.4, -0.2) is 31.2 Å². The molecule has 0 bridgehead atoms. The molecule has 2 aromatic carbocycles. The highest BCUT2D eigenvalue weighted by Gasteiger charge is 2.31. The molecule has 0 saturated heterocycles. The van der Waals surface area contributed by atoms with Crippen LogP contribution in [0.3, 0.4) is 0 Å². The molecular weight excluding hydrogens is 354 g/mol. The Labute approximate surface area is 165 Å². The van der Waals surface area contributed by atoms with Crippen molar-refractivity contribution in [2.24, 2.45) is 0 Å². The van der Waals surface area contributed by atoms with E-state index in [1.807, 2.05) is 36.4 Å². The zero-order valence-electron chi connectivity index (χ0n) is 16.1. The number of quaternary nitrogens is 1. The van der Waals surface area contributed by atoms with Crippen molar-refractivity contribution >= 4 is 12.0 Å². The number of hydrogen-bond acceptors (Lipinski definition) is 3. The van der Waals surface area contributed by atoms with Crippen LogP contribution in [0.5, 0.6) is 0 Å². The summed E-state index contributed by atoms with van der Waals surface area (Å²) in [7, 11) is 0. The summed E-state index contributed by atoms with van der Waals surface area (Å²) >= 11 is 0. The highest BCUT2D eigenvalue weighted by molar-refractivity contribution is 5.94. The first kappa shape index (κ1) is 19.6. The van der Waals surface area contributed by atoms with Gasteiger partial charge in [-0.2, -0.15) is 0 Å². The van der Waals surface area contributed by atoms with Crippen molar-refractivity contribution in [2.75, 3.05) is 13.2 Å². The van der Waals surface area contributed by atoms with E-state index >= 15 is 0 Å². The standard InChI is InChI=1S/C22H25N3O3/c1-3-28-21(26)19-15(2)24-22(27)25-18(19)14-23-20(16-10-6-4-7-11-16)17-12-8-5-9-13-17/h4-13,15,20,23H,3,14H2,1-2H3,(H2,24,25,27)/p+1/t15-/m0/s1. The third-order valence-electron chi connectivity index (χ3n) is 4.74. The fraction of sp³-hybridized carbons (Fsp3) is 0.273. The lowest BCUT2D eigenvalue weighted by atomic mass is 9.98. The number of ether oxygens (including phenoxy) is 1. The molecule has 0 radical (unpaired) electrons. The van der Waals surface area contributed by atoms with Gasteiger partial charge in [0.2, 0.25) is 0 Å². The average molecular weight is 380 g/mol. The number of amides is 2. The lowest BCUT2D eigenvalue weighted by molar-refractivity contribution is -0.680. The Morgan fingerprint density at radius 1 is 1.07 bits per heavy atom. The van der Waals surface area contributed by atoms with Gasteiger partial charge in [0.05, 0.1) is 23.9 Å². The van der Waals surface area contributed by atoms with Gasteiger partial charge < -0.3 is 20.7 Å². The third-order valence-corrected chi connectivity index (χ3v) is 4.74. The molecule has 1 aliphatic rings. The summed E-state index contributed by atoms with van der Waals surface area (Å²) in [6.45, 7) is 4.29. The first-order valence-corrected chi connectivity index (χ1v) is 9.51. The summed E-state index contributed by atoms with van der Waals surface area (Å²) in [6.07, 6.45) is 0. The average Bonchev–Trinajstić information content (AvgIpc) is 2.69. The summed E-state index contributed by atoms with van der Waals surface area (Å²) in [4.78, 5) is 24.4. The first-order chi connectivity index (χ1) is 13.6. The van der Waals surface area contributed by atoms with Gasteiger partial charge in [-0.05, 0) is 13.8 Å². The molecule has 0 aliphatic carbocycles. The number of carbonyl (C=O) groups excluding carboxylic acids is 2. The van der Waals surface area contributed by atoms with E-state index < -0.39 is 12.0 Å². The van der Waals surface area contributed by atoms with E-state index in [4.69, 9.17) is 4.74 Å². The van der Waals surface area contributed by atoms with Crippen LogP contribution in [0.1, 0.15) is 31.0 Å². The van der Waals surface area contributed by atoms with Gasteiger partial charge in [-0.3, -0.25) is 0 Å². The first-order valence-electron chi connectivity index (χ1n) is 9.51. The van der Waals surface area contributed by atoms with Crippen molar-refractivity contribution in [1.82, 2.24) is 10.6 Å².